The van der Waals surface area contributed by atoms with E-state index in [0.29, 0.717) is 38.2 Å². The number of hydrogen-bond donors (Lipinski definition) is 0. The molecule has 0 aliphatic carbocycles. The first kappa shape index (κ1) is 15.5. The third-order valence-corrected chi connectivity index (χ3v) is 3.71. The lowest BCUT2D eigenvalue weighted by atomic mass is 10.2. The number of benzene rings is 1. The molecule has 0 atom stereocenters. The van der Waals surface area contributed by atoms with Crippen LogP contribution in [0.25, 0.3) is 0 Å². The highest BCUT2D eigenvalue weighted by molar-refractivity contribution is 5.94. The molecule has 2 rings (SSSR count). The van der Waals surface area contributed by atoms with Crippen LogP contribution < -0.4 is 0 Å². The number of carbonyl (C=O) groups excluding carboxylic acids is 2. The third kappa shape index (κ3) is 4.29. The maximum absolute atomic E-state index is 12.3. The summed E-state index contributed by atoms with van der Waals surface area (Å²) < 4.78 is 0. The Morgan fingerprint density at radius 3 is 2.14 bits per heavy atom. The molecule has 2 amide bonds. The molecular formula is C16H23N3O2. The summed E-state index contributed by atoms with van der Waals surface area (Å²) in [5.74, 6) is 0.228. The standard InChI is InChI=1S/C16H23N3O2/c1-17(2)9-8-15(20)18-10-12-19(13-11-18)16(21)14-6-4-3-5-7-14/h3-7H,8-13H2,1-2H3. The number of amides is 2. The highest BCUT2D eigenvalue weighted by Gasteiger charge is 2.24. The second kappa shape index (κ2) is 7.22. The molecule has 1 aromatic carbocycles. The van der Waals surface area contributed by atoms with Crippen LogP contribution in [0.2, 0.25) is 0 Å². The smallest absolute Gasteiger partial charge is 0.253 e. The van der Waals surface area contributed by atoms with Crippen molar-refractivity contribution >= 4 is 11.8 Å². The topological polar surface area (TPSA) is 43.9 Å². The van der Waals surface area contributed by atoms with Crippen molar-refractivity contribution in [2.24, 2.45) is 0 Å². The lowest BCUT2D eigenvalue weighted by molar-refractivity contribution is -0.132. The van der Waals surface area contributed by atoms with E-state index < -0.39 is 0 Å². The van der Waals surface area contributed by atoms with Crippen LogP contribution >= 0.6 is 0 Å². The Bertz CT molecular complexity index is 480. The minimum atomic E-state index is 0.0518. The summed E-state index contributed by atoms with van der Waals surface area (Å²) in [6.45, 7) is 3.25. The number of piperazine rings is 1. The lowest BCUT2D eigenvalue weighted by Crippen LogP contribution is -2.50. The third-order valence-electron chi connectivity index (χ3n) is 3.71. The SMILES string of the molecule is CN(C)CCC(=O)N1CCN(C(=O)c2ccccc2)CC1. The highest BCUT2D eigenvalue weighted by atomic mass is 16.2. The Labute approximate surface area is 126 Å². The summed E-state index contributed by atoms with van der Waals surface area (Å²) in [7, 11) is 3.92. The van der Waals surface area contributed by atoms with E-state index in [4.69, 9.17) is 0 Å². The second-order valence-corrected chi connectivity index (χ2v) is 5.59. The van der Waals surface area contributed by atoms with Crippen molar-refractivity contribution in [1.82, 2.24) is 14.7 Å². The van der Waals surface area contributed by atoms with E-state index in [2.05, 4.69) is 0 Å². The van der Waals surface area contributed by atoms with Crippen LogP contribution in [-0.4, -0.2) is 73.3 Å². The second-order valence-electron chi connectivity index (χ2n) is 5.59. The maximum Gasteiger partial charge on any atom is 0.253 e. The highest BCUT2D eigenvalue weighted by Crippen LogP contribution is 2.09. The van der Waals surface area contributed by atoms with Gasteiger partial charge in [0.1, 0.15) is 0 Å². The summed E-state index contributed by atoms with van der Waals surface area (Å²) in [5, 5.41) is 0. The molecule has 0 N–H and O–H groups in total. The molecule has 0 aromatic heterocycles. The number of nitrogens with zero attached hydrogens (tertiary/aromatic N) is 3. The van der Waals surface area contributed by atoms with Crippen molar-refractivity contribution in [3.8, 4) is 0 Å². The van der Waals surface area contributed by atoms with Crippen molar-refractivity contribution in [2.45, 2.75) is 6.42 Å². The average Bonchev–Trinajstić information content (AvgIpc) is 2.53. The first-order valence-corrected chi connectivity index (χ1v) is 7.35. The molecule has 1 aromatic rings. The van der Waals surface area contributed by atoms with Crippen molar-refractivity contribution in [3.05, 3.63) is 35.9 Å². The molecule has 21 heavy (non-hydrogen) atoms. The van der Waals surface area contributed by atoms with Gasteiger partial charge >= 0.3 is 0 Å². The summed E-state index contributed by atoms with van der Waals surface area (Å²) in [6.07, 6.45) is 0.541. The molecule has 5 nitrogen and oxygen atoms in total. The zero-order valence-electron chi connectivity index (χ0n) is 12.8. The summed E-state index contributed by atoms with van der Waals surface area (Å²) in [4.78, 5) is 30.0. The first-order chi connectivity index (χ1) is 10.1. The van der Waals surface area contributed by atoms with Crippen LogP contribution in [0.3, 0.4) is 0 Å². The van der Waals surface area contributed by atoms with Crippen LogP contribution in [0, 0.1) is 0 Å². The van der Waals surface area contributed by atoms with Gasteiger partial charge in [0.15, 0.2) is 0 Å². The fourth-order valence-electron chi connectivity index (χ4n) is 2.40. The van der Waals surface area contributed by atoms with E-state index in [1.165, 1.54) is 0 Å². The Morgan fingerprint density at radius 2 is 1.57 bits per heavy atom. The van der Waals surface area contributed by atoms with Crippen molar-refractivity contribution in [3.63, 3.8) is 0 Å². The molecule has 1 aliphatic heterocycles. The molecule has 1 fully saturated rings. The molecule has 5 heteroatoms. The van der Waals surface area contributed by atoms with E-state index in [9.17, 15) is 9.59 Å². The first-order valence-electron chi connectivity index (χ1n) is 7.35. The molecule has 114 valence electrons. The van der Waals surface area contributed by atoms with Gasteiger partial charge in [-0.3, -0.25) is 9.59 Å². The van der Waals surface area contributed by atoms with Crippen molar-refractivity contribution in [1.29, 1.82) is 0 Å². The largest absolute Gasteiger partial charge is 0.339 e. The molecule has 1 saturated heterocycles. The molecule has 0 saturated carbocycles. The van der Waals surface area contributed by atoms with Gasteiger partial charge in [-0.2, -0.15) is 0 Å². The zero-order chi connectivity index (χ0) is 15.2. The predicted molar refractivity (Wildman–Crippen MR) is 82.1 cm³/mol. The van der Waals surface area contributed by atoms with Crippen LogP contribution in [-0.2, 0) is 4.79 Å². The van der Waals surface area contributed by atoms with E-state index in [0.717, 1.165) is 6.54 Å². The van der Waals surface area contributed by atoms with Crippen molar-refractivity contribution in [2.75, 3.05) is 46.8 Å². The molecular weight excluding hydrogens is 266 g/mol. The zero-order valence-corrected chi connectivity index (χ0v) is 12.8. The van der Waals surface area contributed by atoms with Crippen LogP contribution in [0.5, 0.6) is 0 Å². The van der Waals surface area contributed by atoms with Crippen LogP contribution in [0.15, 0.2) is 30.3 Å². The molecule has 1 aliphatic rings. The van der Waals surface area contributed by atoms with Crippen LogP contribution in [0.1, 0.15) is 16.8 Å². The fraction of sp³-hybridized carbons (Fsp3) is 0.500. The molecule has 1 heterocycles. The van der Waals surface area contributed by atoms with Gasteiger partial charge in [0, 0.05) is 44.7 Å². The predicted octanol–water partition coefficient (Wildman–Crippen LogP) is 0.923. The fourth-order valence-corrected chi connectivity index (χ4v) is 2.40. The lowest BCUT2D eigenvalue weighted by Gasteiger charge is -2.35. The van der Waals surface area contributed by atoms with Crippen LogP contribution in [0.4, 0.5) is 0 Å². The van der Waals surface area contributed by atoms with E-state index in [1.54, 1.807) is 0 Å². The van der Waals surface area contributed by atoms with Gasteiger partial charge in [0.25, 0.3) is 5.91 Å². The Morgan fingerprint density at radius 1 is 1.00 bits per heavy atom. The number of rotatable bonds is 4. The van der Waals surface area contributed by atoms with Crippen molar-refractivity contribution < 1.29 is 9.59 Å². The minimum absolute atomic E-state index is 0.0518. The molecule has 0 spiro atoms. The number of carbonyl (C=O) groups is 2. The van der Waals surface area contributed by atoms with Gasteiger partial charge in [-0.15, -0.1) is 0 Å². The quantitative estimate of drug-likeness (QED) is 0.828. The molecule has 0 bridgehead atoms. The normalized spacial score (nSPS) is 15.4. The molecule has 0 unspecified atom stereocenters. The average molecular weight is 289 g/mol. The van der Waals surface area contributed by atoms with Gasteiger partial charge in [-0.05, 0) is 26.2 Å². The van der Waals surface area contributed by atoms with Gasteiger partial charge in [0.2, 0.25) is 5.91 Å². The van der Waals surface area contributed by atoms with E-state index >= 15 is 0 Å². The minimum Gasteiger partial charge on any atom is -0.339 e. The Kier molecular flexibility index (Phi) is 5.33. The maximum atomic E-state index is 12.3. The molecule has 0 radical (unpaired) electrons. The summed E-state index contributed by atoms with van der Waals surface area (Å²) in [5.41, 5.74) is 0.713. The Hall–Kier alpha value is -1.88. The van der Waals surface area contributed by atoms with Gasteiger partial charge in [-0.25, -0.2) is 0 Å². The monoisotopic (exact) mass is 289 g/mol. The van der Waals surface area contributed by atoms with E-state index in [-0.39, 0.29) is 11.8 Å². The Balaban J connectivity index is 1.83. The van der Waals surface area contributed by atoms with Gasteiger partial charge < -0.3 is 14.7 Å². The summed E-state index contributed by atoms with van der Waals surface area (Å²) >= 11 is 0. The number of hydrogen-bond acceptors (Lipinski definition) is 3. The van der Waals surface area contributed by atoms with Gasteiger partial charge in [0.05, 0.1) is 0 Å². The van der Waals surface area contributed by atoms with Gasteiger partial charge in [-0.1, -0.05) is 18.2 Å². The van der Waals surface area contributed by atoms with E-state index in [1.807, 2.05) is 59.1 Å². The summed E-state index contributed by atoms with van der Waals surface area (Å²) in [6, 6.07) is 9.30.